The Balaban J connectivity index is 2.11. The van der Waals surface area contributed by atoms with Crippen LogP contribution < -0.4 is 5.32 Å². The first kappa shape index (κ1) is 19.1. The standard InChI is InChI=1S/C16H22N4O4S/c1-11(2)9-10-17-14(21)16-19-18-15(24-16)12-5-7-13(8-6-12)25(22,23)20(3)4/h5-8,11H,9-10H2,1-4H3,(H,17,21). The number of hydrogen-bond donors (Lipinski definition) is 1. The Morgan fingerprint density at radius 1 is 1.20 bits per heavy atom. The molecular weight excluding hydrogens is 344 g/mol. The van der Waals surface area contributed by atoms with E-state index in [-0.39, 0.29) is 16.7 Å². The normalized spacial score (nSPS) is 11.9. The molecule has 1 amide bonds. The lowest BCUT2D eigenvalue weighted by molar-refractivity contribution is 0.0918. The highest BCUT2D eigenvalue weighted by Crippen LogP contribution is 2.21. The molecular formula is C16H22N4O4S. The van der Waals surface area contributed by atoms with Crippen molar-refractivity contribution in [1.29, 1.82) is 0 Å². The van der Waals surface area contributed by atoms with E-state index in [4.69, 9.17) is 4.42 Å². The minimum absolute atomic E-state index is 0.122. The maximum Gasteiger partial charge on any atom is 0.308 e. The number of nitrogens with zero attached hydrogens (tertiary/aromatic N) is 3. The van der Waals surface area contributed by atoms with Crippen LogP contribution in [0.2, 0.25) is 0 Å². The molecule has 0 atom stereocenters. The van der Waals surface area contributed by atoms with Crippen LogP contribution in [0, 0.1) is 5.92 Å². The molecule has 0 bridgehead atoms. The number of carbonyl (C=O) groups excluding carboxylic acids is 1. The van der Waals surface area contributed by atoms with Crippen LogP contribution >= 0.6 is 0 Å². The zero-order valence-electron chi connectivity index (χ0n) is 14.7. The molecule has 1 aromatic heterocycles. The molecule has 0 aliphatic carbocycles. The molecule has 1 heterocycles. The van der Waals surface area contributed by atoms with Gasteiger partial charge in [0, 0.05) is 26.2 Å². The number of carbonyl (C=O) groups is 1. The highest BCUT2D eigenvalue weighted by Gasteiger charge is 2.19. The number of hydrogen-bond acceptors (Lipinski definition) is 6. The number of amides is 1. The average Bonchev–Trinajstić information content (AvgIpc) is 3.04. The highest BCUT2D eigenvalue weighted by molar-refractivity contribution is 7.89. The molecule has 0 unspecified atom stereocenters. The largest absolute Gasteiger partial charge is 0.412 e. The molecule has 1 N–H and O–H groups in total. The van der Waals surface area contributed by atoms with E-state index in [1.807, 2.05) is 0 Å². The number of rotatable bonds is 7. The van der Waals surface area contributed by atoms with Gasteiger partial charge in [-0.3, -0.25) is 4.79 Å². The van der Waals surface area contributed by atoms with Crippen molar-refractivity contribution in [2.45, 2.75) is 25.2 Å². The summed E-state index contributed by atoms with van der Waals surface area (Å²) in [5.74, 6) is 0.0910. The fourth-order valence-electron chi connectivity index (χ4n) is 1.96. The third-order valence-electron chi connectivity index (χ3n) is 3.51. The molecule has 8 nitrogen and oxygen atoms in total. The fraction of sp³-hybridized carbons (Fsp3) is 0.438. The van der Waals surface area contributed by atoms with Gasteiger partial charge in [-0.2, -0.15) is 0 Å². The van der Waals surface area contributed by atoms with E-state index in [2.05, 4.69) is 29.4 Å². The van der Waals surface area contributed by atoms with Crippen molar-refractivity contribution in [3.63, 3.8) is 0 Å². The summed E-state index contributed by atoms with van der Waals surface area (Å²) in [6, 6.07) is 6.03. The predicted octanol–water partition coefficient (Wildman–Crippen LogP) is 1.76. The Bertz CT molecular complexity index is 826. The highest BCUT2D eigenvalue weighted by atomic mass is 32.2. The molecule has 1 aromatic carbocycles. The van der Waals surface area contributed by atoms with E-state index in [0.717, 1.165) is 10.7 Å². The van der Waals surface area contributed by atoms with E-state index in [1.165, 1.54) is 26.2 Å². The maximum absolute atomic E-state index is 12.0. The van der Waals surface area contributed by atoms with E-state index >= 15 is 0 Å². The van der Waals surface area contributed by atoms with Gasteiger partial charge in [0.25, 0.3) is 0 Å². The zero-order chi connectivity index (χ0) is 18.6. The van der Waals surface area contributed by atoms with Gasteiger partial charge in [-0.25, -0.2) is 12.7 Å². The van der Waals surface area contributed by atoms with Crippen LogP contribution in [0.4, 0.5) is 0 Å². The van der Waals surface area contributed by atoms with E-state index in [9.17, 15) is 13.2 Å². The van der Waals surface area contributed by atoms with E-state index in [1.54, 1.807) is 12.1 Å². The van der Waals surface area contributed by atoms with Crippen molar-refractivity contribution in [3.05, 3.63) is 30.2 Å². The van der Waals surface area contributed by atoms with Gasteiger partial charge in [0.2, 0.25) is 15.9 Å². The molecule has 2 aromatic rings. The summed E-state index contributed by atoms with van der Waals surface area (Å²) in [7, 11) is -0.571. The third-order valence-corrected chi connectivity index (χ3v) is 5.34. The van der Waals surface area contributed by atoms with Crippen LogP contribution in [0.3, 0.4) is 0 Å². The molecule has 0 saturated heterocycles. The Morgan fingerprint density at radius 3 is 2.40 bits per heavy atom. The summed E-state index contributed by atoms with van der Waals surface area (Å²) in [6.45, 7) is 4.67. The SMILES string of the molecule is CC(C)CCNC(=O)c1nnc(-c2ccc(S(=O)(=O)N(C)C)cc2)o1. The topological polar surface area (TPSA) is 105 Å². The number of aromatic nitrogens is 2. The van der Waals surface area contributed by atoms with Crippen molar-refractivity contribution in [2.75, 3.05) is 20.6 Å². The number of benzene rings is 1. The molecule has 0 aliphatic heterocycles. The van der Waals surface area contributed by atoms with Crippen LogP contribution in [0.25, 0.3) is 11.5 Å². The molecule has 2 rings (SSSR count). The van der Waals surface area contributed by atoms with Gasteiger partial charge in [0.1, 0.15) is 0 Å². The van der Waals surface area contributed by atoms with Gasteiger partial charge in [-0.1, -0.05) is 13.8 Å². The first-order valence-corrected chi connectivity index (χ1v) is 9.30. The summed E-state index contributed by atoms with van der Waals surface area (Å²) in [6.07, 6.45) is 0.856. The third kappa shape index (κ3) is 4.64. The summed E-state index contributed by atoms with van der Waals surface area (Å²) in [5, 5.41) is 10.3. The average molecular weight is 366 g/mol. The second kappa shape index (κ2) is 7.75. The second-order valence-electron chi connectivity index (χ2n) is 6.16. The summed E-state index contributed by atoms with van der Waals surface area (Å²) in [5.41, 5.74) is 0.534. The monoisotopic (exact) mass is 366 g/mol. The minimum Gasteiger partial charge on any atom is -0.412 e. The van der Waals surface area contributed by atoms with Crippen LogP contribution in [0.5, 0.6) is 0 Å². The van der Waals surface area contributed by atoms with Crippen LogP contribution in [0.1, 0.15) is 31.0 Å². The van der Waals surface area contributed by atoms with Crippen molar-refractivity contribution in [1.82, 2.24) is 19.8 Å². The predicted molar refractivity (Wildman–Crippen MR) is 92.4 cm³/mol. The summed E-state index contributed by atoms with van der Waals surface area (Å²) in [4.78, 5) is 12.1. The Morgan fingerprint density at radius 2 is 1.84 bits per heavy atom. The second-order valence-corrected chi connectivity index (χ2v) is 8.31. The van der Waals surface area contributed by atoms with Crippen LogP contribution in [-0.4, -0.2) is 49.5 Å². The van der Waals surface area contributed by atoms with Crippen LogP contribution in [-0.2, 0) is 10.0 Å². The summed E-state index contributed by atoms with van der Waals surface area (Å²) >= 11 is 0. The van der Waals surface area contributed by atoms with E-state index in [0.29, 0.717) is 18.0 Å². The number of sulfonamides is 1. The molecule has 136 valence electrons. The quantitative estimate of drug-likeness (QED) is 0.800. The lowest BCUT2D eigenvalue weighted by atomic mass is 10.1. The Hall–Kier alpha value is -2.26. The Kier molecular flexibility index (Phi) is 5.91. The first-order chi connectivity index (χ1) is 11.7. The fourth-order valence-corrected chi connectivity index (χ4v) is 2.86. The maximum atomic E-state index is 12.0. The van der Waals surface area contributed by atoms with Gasteiger partial charge >= 0.3 is 11.8 Å². The van der Waals surface area contributed by atoms with Crippen molar-refractivity contribution in [3.8, 4) is 11.5 Å². The van der Waals surface area contributed by atoms with Gasteiger partial charge in [0.15, 0.2) is 0 Å². The molecule has 25 heavy (non-hydrogen) atoms. The Labute approximate surface area is 147 Å². The zero-order valence-corrected chi connectivity index (χ0v) is 15.5. The lowest BCUT2D eigenvalue weighted by Gasteiger charge is -2.11. The molecule has 0 fully saturated rings. The van der Waals surface area contributed by atoms with Gasteiger partial charge in [0.05, 0.1) is 4.90 Å². The van der Waals surface area contributed by atoms with Gasteiger partial charge < -0.3 is 9.73 Å². The van der Waals surface area contributed by atoms with Crippen molar-refractivity contribution >= 4 is 15.9 Å². The van der Waals surface area contributed by atoms with E-state index < -0.39 is 15.9 Å². The first-order valence-electron chi connectivity index (χ1n) is 7.86. The molecule has 0 saturated carbocycles. The molecule has 9 heteroatoms. The summed E-state index contributed by atoms with van der Waals surface area (Å²) < 4.78 is 30.6. The van der Waals surface area contributed by atoms with Crippen molar-refractivity contribution in [2.24, 2.45) is 5.92 Å². The smallest absolute Gasteiger partial charge is 0.308 e. The van der Waals surface area contributed by atoms with Gasteiger partial charge in [-0.05, 0) is 36.6 Å². The minimum atomic E-state index is -3.50. The molecule has 0 spiro atoms. The van der Waals surface area contributed by atoms with Gasteiger partial charge in [-0.15, -0.1) is 10.2 Å². The van der Waals surface area contributed by atoms with Crippen LogP contribution in [0.15, 0.2) is 33.6 Å². The van der Waals surface area contributed by atoms with Crippen molar-refractivity contribution < 1.29 is 17.6 Å². The lowest BCUT2D eigenvalue weighted by Crippen LogP contribution is -2.25. The molecule has 0 aliphatic rings. The number of nitrogens with one attached hydrogen (secondary N) is 1. The molecule has 0 radical (unpaired) electrons.